The number of nitro benzene ring substituents is 1. The van der Waals surface area contributed by atoms with E-state index >= 15 is 0 Å². The van der Waals surface area contributed by atoms with Crippen LogP contribution in [0.15, 0.2) is 18.3 Å². The van der Waals surface area contributed by atoms with Crippen molar-refractivity contribution in [3.63, 3.8) is 0 Å². The molecular formula is C9H6Cl2N4O3. The highest BCUT2D eigenvalue weighted by Crippen LogP contribution is 2.33. The van der Waals surface area contributed by atoms with Crippen molar-refractivity contribution in [2.45, 2.75) is 6.61 Å². The summed E-state index contributed by atoms with van der Waals surface area (Å²) in [7, 11) is 0. The highest BCUT2D eigenvalue weighted by molar-refractivity contribution is 6.36. The zero-order valence-corrected chi connectivity index (χ0v) is 10.3. The number of aromatic nitrogens is 3. The molecule has 0 fully saturated rings. The number of nitrogens with zero attached hydrogens (tertiary/aromatic N) is 4. The van der Waals surface area contributed by atoms with Crippen LogP contribution in [-0.2, 0) is 6.61 Å². The smallest absolute Gasteiger partial charge is 0.297 e. The van der Waals surface area contributed by atoms with Crippen LogP contribution in [0.1, 0.15) is 5.69 Å². The first-order valence-electron chi connectivity index (χ1n) is 4.69. The Hall–Kier alpha value is -1.70. The topological polar surface area (TPSA) is 94.1 Å². The van der Waals surface area contributed by atoms with Gasteiger partial charge >= 0.3 is 0 Å². The summed E-state index contributed by atoms with van der Waals surface area (Å²) in [6, 6.07) is 2.54. The molecule has 0 aliphatic rings. The number of hydrogen-bond acceptors (Lipinski definition) is 5. The lowest BCUT2D eigenvalue weighted by Crippen LogP contribution is -2.02. The molecule has 1 aromatic heterocycles. The van der Waals surface area contributed by atoms with E-state index in [1.807, 2.05) is 0 Å². The van der Waals surface area contributed by atoms with Gasteiger partial charge in [-0.05, 0) is 6.07 Å². The quantitative estimate of drug-likeness (QED) is 0.688. The summed E-state index contributed by atoms with van der Waals surface area (Å²) in [5.74, 6) is 0. The number of aliphatic hydroxyl groups excluding tert-OH is 1. The van der Waals surface area contributed by atoms with Gasteiger partial charge in [0.25, 0.3) is 5.69 Å². The molecule has 0 atom stereocenters. The normalized spacial score (nSPS) is 10.6. The molecule has 1 N–H and O–H groups in total. The lowest BCUT2D eigenvalue weighted by molar-refractivity contribution is -0.384. The molecule has 7 nitrogen and oxygen atoms in total. The molecule has 2 rings (SSSR count). The maximum absolute atomic E-state index is 11.0. The molecule has 0 saturated heterocycles. The minimum Gasteiger partial charge on any atom is -0.390 e. The van der Waals surface area contributed by atoms with E-state index in [-0.39, 0.29) is 33.7 Å². The minimum atomic E-state index is -0.618. The summed E-state index contributed by atoms with van der Waals surface area (Å²) in [5.41, 5.74) is 0.0375. The van der Waals surface area contributed by atoms with E-state index in [4.69, 9.17) is 28.3 Å². The van der Waals surface area contributed by atoms with Crippen LogP contribution >= 0.6 is 23.2 Å². The fourth-order valence-corrected chi connectivity index (χ4v) is 1.97. The van der Waals surface area contributed by atoms with Crippen LogP contribution in [-0.4, -0.2) is 25.0 Å². The zero-order valence-electron chi connectivity index (χ0n) is 8.75. The second kappa shape index (κ2) is 4.89. The Morgan fingerprint density at radius 1 is 1.44 bits per heavy atom. The van der Waals surface area contributed by atoms with Gasteiger partial charge in [0, 0.05) is 11.1 Å². The van der Waals surface area contributed by atoms with Crippen molar-refractivity contribution in [3.8, 4) is 5.69 Å². The van der Waals surface area contributed by atoms with Gasteiger partial charge in [0.15, 0.2) is 5.69 Å². The van der Waals surface area contributed by atoms with Gasteiger partial charge in [0.1, 0.15) is 5.69 Å². The fourth-order valence-electron chi connectivity index (χ4n) is 1.40. The van der Waals surface area contributed by atoms with Crippen LogP contribution in [0.4, 0.5) is 5.69 Å². The monoisotopic (exact) mass is 288 g/mol. The number of benzene rings is 1. The van der Waals surface area contributed by atoms with Gasteiger partial charge in [-0.1, -0.05) is 28.4 Å². The van der Waals surface area contributed by atoms with Crippen molar-refractivity contribution in [3.05, 3.63) is 44.2 Å². The van der Waals surface area contributed by atoms with E-state index in [1.165, 1.54) is 18.3 Å². The molecule has 0 saturated carbocycles. The van der Waals surface area contributed by atoms with E-state index in [9.17, 15) is 10.1 Å². The summed E-state index contributed by atoms with van der Waals surface area (Å²) in [4.78, 5) is 10.3. The Bertz CT molecular complexity index is 614. The van der Waals surface area contributed by atoms with Crippen LogP contribution in [0, 0.1) is 10.1 Å². The van der Waals surface area contributed by atoms with Gasteiger partial charge in [-0.2, -0.15) is 0 Å². The molecule has 0 radical (unpaired) electrons. The maximum atomic E-state index is 11.0. The highest BCUT2D eigenvalue weighted by Gasteiger charge is 2.21. The van der Waals surface area contributed by atoms with Crippen LogP contribution in [0.3, 0.4) is 0 Å². The van der Waals surface area contributed by atoms with Crippen molar-refractivity contribution in [1.29, 1.82) is 0 Å². The van der Waals surface area contributed by atoms with Gasteiger partial charge in [-0.25, -0.2) is 4.68 Å². The van der Waals surface area contributed by atoms with E-state index in [1.54, 1.807) is 0 Å². The predicted octanol–water partition coefficient (Wildman–Crippen LogP) is 1.97. The Labute approximate surface area is 111 Å². The number of rotatable bonds is 3. The lowest BCUT2D eigenvalue weighted by atomic mass is 10.2. The van der Waals surface area contributed by atoms with Crippen molar-refractivity contribution >= 4 is 28.9 Å². The summed E-state index contributed by atoms with van der Waals surface area (Å²) in [6.45, 7) is -0.320. The molecule has 1 heterocycles. The van der Waals surface area contributed by atoms with Crippen molar-refractivity contribution < 1.29 is 10.0 Å². The van der Waals surface area contributed by atoms with Crippen molar-refractivity contribution in [2.75, 3.05) is 0 Å². The molecule has 0 bridgehead atoms. The average Bonchev–Trinajstić information content (AvgIpc) is 2.76. The number of nitro groups is 1. The molecule has 18 heavy (non-hydrogen) atoms. The van der Waals surface area contributed by atoms with Crippen LogP contribution < -0.4 is 0 Å². The molecule has 2 aromatic rings. The second-order valence-corrected chi connectivity index (χ2v) is 4.17. The van der Waals surface area contributed by atoms with Gasteiger partial charge in [0.2, 0.25) is 0 Å². The van der Waals surface area contributed by atoms with E-state index in [2.05, 4.69) is 10.3 Å². The third-order valence-corrected chi connectivity index (χ3v) is 2.64. The average molecular weight is 289 g/mol. The summed E-state index contributed by atoms with van der Waals surface area (Å²) >= 11 is 11.6. The van der Waals surface area contributed by atoms with E-state index < -0.39 is 4.92 Å². The molecule has 9 heteroatoms. The predicted molar refractivity (Wildman–Crippen MR) is 64.0 cm³/mol. The SMILES string of the molecule is O=[N+]([O-])c1cc(Cl)cc(Cl)c1-n1cc(CO)nn1. The van der Waals surface area contributed by atoms with Crippen molar-refractivity contribution in [1.82, 2.24) is 15.0 Å². The highest BCUT2D eigenvalue weighted by atomic mass is 35.5. The zero-order chi connectivity index (χ0) is 13.3. The number of hydrogen-bond donors (Lipinski definition) is 1. The molecule has 0 spiro atoms. The molecule has 1 aromatic carbocycles. The number of aliphatic hydroxyl groups is 1. The summed E-state index contributed by atoms with van der Waals surface area (Å²) in [5, 5.41) is 27.4. The fraction of sp³-hybridized carbons (Fsp3) is 0.111. The molecule has 0 aliphatic heterocycles. The summed E-state index contributed by atoms with van der Waals surface area (Å²) < 4.78 is 1.13. The van der Waals surface area contributed by atoms with E-state index in [0.29, 0.717) is 0 Å². The van der Waals surface area contributed by atoms with E-state index in [0.717, 1.165) is 4.68 Å². The van der Waals surface area contributed by atoms with Crippen molar-refractivity contribution in [2.24, 2.45) is 0 Å². The molecule has 0 amide bonds. The summed E-state index contributed by atoms with van der Waals surface area (Å²) in [6.07, 6.45) is 1.35. The second-order valence-electron chi connectivity index (χ2n) is 3.33. The van der Waals surface area contributed by atoms with Gasteiger partial charge in [0.05, 0.1) is 22.7 Å². The van der Waals surface area contributed by atoms with Gasteiger partial charge in [-0.3, -0.25) is 10.1 Å². The van der Waals surface area contributed by atoms with Gasteiger partial charge < -0.3 is 5.11 Å². The Morgan fingerprint density at radius 2 is 2.17 bits per heavy atom. The molecular weight excluding hydrogens is 283 g/mol. The van der Waals surface area contributed by atoms with Crippen LogP contribution in [0.2, 0.25) is 10.0 Å². The van der Waals surface area contributed by atoms with Gasteiger partial charge in [-0.15, -0.1) is 5.10 Å². The molecule has 0 unspecified atom stereocenters. The Balaban J connectivity index is 2.65. The van der Waals surface area contributed by atoms with Crippen LogP contribution in [0.5, 0.6) is 0 Å². The lowest BCUT2D eigenvalue weighted by Gasteiger charge is -2.05. The Kier molecular flexibility index (Phi) is 3.46. The largest absolute Gasteiger partial charge is 0.390 e. The first-order valence-corrected chi connectivity index (χ1v) is 5.44. The first kappa shape index (κ1) is 12.7. The third kappa shape index (κ3) is 2.28. The third-order valence-electron chi connectivity index (χ3n) is 2.14. The van der Waals surface area contributed by atoms with Crippen LogP contribution in [0.25, 0.3) is 5.69 Å². The number of halogens is 2. The Morgan fingerprint density at radius 3 is 2.72 bits per heavy atom. The molecule has 94 valence electrons. The standard InChI is InChI=1S/C9H6Cl2N4O3/c10-5-1-7(11)9(8(2-5)15(17)18)14-3-6(4-16)12-13-14/h1-3,16H,4H2. The molecule has 0 aliphatic carbocycles. The maximum Gasteiger partial charge on any atom is 0.297 e. The first-order chi connectivity index (χ1) is 8.52. The minimum absolute atomic E-state index is 0.0540.